The quantitative estimate of drug-likeness (QED) is 0.772. The molecule has 1 unspecified atom stereocenters. The first-order chi connectivity index (χ1) is 7.25. The maximum atomic E-state index is 5.65. The van der Waals surface area contributed by atoms with Crippen molar-refractivity contribution in [2.24, 2.45) is 0 Å². The monoisotopic (exact) mass is 207 g/mol. The summed E-state index contributed by atoms with van der Waals surface area (Å²) in [7, 11) is 0. The first kappa shape index (κ1) is 10.2. The summed E-state index contributed by atoms with van der Waals surface area (Å²) in [5.74, 6) is 0.916. The third-order valence-electron chi connectivity index (χ3n) is 2.60. The SMILES string of the molecule is Cc1cc(N)cnc1NC1CCCOC1. The smallest absolute Gasteiger partial charge is 0.129 e. The standard InChI is InChI=1S/C11H17N3O/c1-8-5-9(12)6-13-11(8)14-10-3-2-4-15-7-10/h5-6,10H,2-4,7,12H2,1H3,(H,13,14). The van der Waals surface area contributed by atoms with Crippen LogP contribution in [-0.2, 0) is 4.74 Å². The number of ether oxygens (including phenoxy) is 1. The summed E-state index contributed by atoms with van der Waals surface area (Å²) in [5, 5.41) is 3.38. The number of nitrogens with two attached hydrogens (primary N) is 1. The second kappa shape index (κ2) is 4.49. The van der Waals surface area contributed by atoms with Crippen LogP contribution in [0.3, 0.4) is 0 Å². The number of nitrogen functional groups attached to an aromatic ring is 1. The third-order valence-corrected chi connectivity index (χ3v) is 2.60. The minimum atomic E-state index is 0.383. The van der Waals surface area contributed by atoms with Crippen LogP contribution < -0.4 is 11.1 Å². The maximum absolute atomic E-state index is 5.65. The number of rotatable bonds is 2. The summed E-state index contributed by atoms with van der Waals surface area (Å²) in [6, 6.07) is 2.31. The Morgan fingerprint density at radius 3 is 3.13 bits per heavy atom. The molecule has 4 nitrogen and oxygen atoms in total. The van der Waals surface area contributed by atoms with Gasteiger partial charge in [-0.1, -0.05) is 0 Å². The number of pyridine rings is 1. The fourth-order valence-corrected chi connectivity index (χ4v) is 1.80. The van der Waals surface area contributed by atoms with Gasteiger partial charge in [-0.3, -0.25) is 0 Å². The molecule has 1 fully saturated rings. The summed E-state index contributed by atoms with van der Waals surface area (Å²) < 4.78 is 5.40. The Morgan fingerprint density at radius 2 is 2.47 bits per heavy atom. The van der Waals surface area contributed by atoms with Gasteiger partial charge < -0.3 is 15.8 Å². The average Bonchev–Trinajstić information content (AvgIpc) is 2.24. The van der Waals surface area contributed by atoms with E-state index in [9.17, 15) is 0 Å². The Hall–Kier alpha value is -1.29. The van der Waals surface area contributed by atoms with Gasteiger partial charge in [-0.15, -0.1) is 0 Å². The van der Waals surface area contributed by atoms with E-state index in [2.05, 4.69) is 10.3 Å². The van der Waals surface area contributed by atoms with Crippen molar-refractivity contribution >= 4 is 11.5 Å². The van der Waals surface area contributed by atoms with Crippen molar-refractivity contribution in [3.05, 3.63) is 17.8 Å². The van der Waals surface area contributed by atoms with Crippen molar-refractivity contribution in [2.45, 2.75) is 25.8 Å². The van der Waals surface area contributed by atoms with E-state index in [0.29, 0.717) is 11.7 Å². The minimum absolute atomic E-state index is 0.383. The summed E-state index contributed by atoms with van der Waals surface area (Å²) in [5.41, 5.74) is 7.44. The van der Waals surface area contributed by atoms with Crippen LogP contribution in [0.4, 0.5) is 11.5 Å². The van der Waals surface area contributed by atoms with Gasteiger partial charge in [-0.05, 0) is 31.4 Å². The highest BCUT2D eigenvalue weighted by molar-refractivity contribution is 5.51. The zero-order chi connectivity index (χ0) is 10.7. The van der Waals surface area contributed by atoms with Crippen LogP contribution >= 0.6 is 0 Å². The number of nitrogens with zero attached hydrogens (tertiary/aromatic N) is 1. The largest absolute Gasteiger partial charge is 0.397 e. The molecule has 0 saturated carbocycles. The van der Waals surface area contributed by atoms with E-state index in [1.165, 1.54) is 0 Å². The van der Waals surface area contributed by atoms with E-state index in [-0.39, 0.29) is 0 Å². The normalized spacial score (nSPS) is 21.3. The summed E-state index contributed by atoms with van der Waals surface area (Å²) in [6.45, 7) is 3.66. The van der Waals surface area contributed by atoms with Gasteiger partial charge in [0.25, 0.3) is 0 Å². The molecule has 1 aliphatic heterocycles. The van der Waals surface area contributed by atoms with Crippen molar-refractivity contribution in [3.63, 3.8) is 0 Å². The van der Waals surface area contributed by atoms with Gasteiger partial charge in [0.05, 0.1) is 24.5 Å². The van der Waals surface area contributed by atoms with E-state index < -0.39 is 0 Å². The highest BCUT2D eigenvalue weighted by Crippen LogP contribution is 2.17. The molecule has 0 aromatic carbocycles. The molecule has 0 amide bonds. The molecular weight excluding hydrogens is 190 g/mol. The Bertz CT molecular complexity index is 335. The molecule has 0 bridgehead atoms. The second-order valence-corrected chi connectivity index (χ2v) is 3.99. The van der Waals surface area contributed by atoms with Gasteiger partial charge in [0.15, 0.2) is 0 Å². The molecule has 1 aliphatic rings. The van der Waals surface area contributed by atoms with Gasteiger partial charge in [0, 0.05) is 6.61 Å². The second-order valence-electron chi connectivity index (χ2n) is 3.99. The number of nitrogens with one attached hydrogen (secondary N) is 1. The lowest BCUT2D eigenvalue weighted by Crippen LogP contribution is -2.30. The lowest BCUT2D eigenvalue weighted by atomic mass is 10.1. The molecule has 3 N–H and O–H groups in total. The van der Waals surface area contributed by atoms with Crippen molar-refractivity contribution in [3.8, 4) is 0 Å². The van der Waals surface area contributed by atoms with Gasteiger partial charge >= 0.3 is 0 Å². The van der Waals surface area contributed by atoms with E-state index in [0.717, 1.165) is 37.4 Å². The lowest BCUT2D eigenvalue weighted by molar-refractivity contribution is 0.0875. The van der Waals surface area contributed by atoms with Crippen LogP contribution in [0.15, 0.2) is 12.3 Å². The molecule has 1 atom stereocenters. The van der Waals surface area contributed by atoms with Gasteiger partial charge in [0.2, 0.25) is 0 Å². The number of hydrogen-bond donors (Lipinski definition) is 2. The Balaban J connectivity index is 2.03. The Kier molecular flexibility index (Phi) is 3.06. The van der Waals surface area contributed by atoms with Crippen molar-refractivity contribution < 1.29 is 4.74 Å². The first-order valence-electron chi connectivity index (χ1n) is 5.32. The molecule has 4 heteroatoms. The number of anilines is 2. The summed E-state index contributed by atoms with van der Waals surface area (Å²) in [4.78, 5) is 4.28. The predicted octanol–water partition coefficient (Wildman–Crippen LogP) is 1.56. The summed E-state index contributed by atoms with van der Waals surface area (Å²) in [6.07, 6.45) is 3.94. The average molecular weight is 207 g/mol. The molecule has 2 heterocycles. The fraction of sp³-hybridized carbons (Fsp3) is 0.545. The fourth-order valence-electron chi connectivity index (χ4n) is 1.80. The van der Waals surface area contributed by atoms with Crippen molar-refractivity contribution in [1.29, 1.82) is 0 Å². The van der Waals surface area contributed by atoms with E-state index in [4.69, 9.17) is 10.5 Å². The molecule has 1 saturated heterocycles. The van der Waals surface area contributed by atoms with Gasteiger partial charge in [0.1, 0.15) is 5.82 Å². The molecule has 1 aromatic rings. The van der Waals surface area contributed by atoms with Crippen LogP contribution in [-0.4, -0.2) is 24.2 Å². The van der Waals surface area contributed by atoms with Gasteiger partial charge in [-0.2, -0.15) is 0 Å². The van der Waals surface area contributed by atoms with Crippen LogP contribution in [0, 0.1) is 6.92 Å². The van der Waals surface area contributed by atoms with E-state index in [1.54, 1.807) is 6.20 Å². The van der Waals surface area contributed by atoms with Crippen LogP contribution in [0.25, 0.3) is 0 Å². The topological polar surface area (TPSA) is 60.2 Å². The number of aryl methyl sites for hydroxylation is 1. The molecule has 15 heavy (non-hydrogen) atoms. The Labute approximate surface area is 89.8 Å². The first-order valence-corrected chi connectivity index (χ1v) is 5.32. The molecule has 1 aromatic heterocycles. The van der Waals surface area contributed by atoms with Crippen LogP contribution in [0.5, 0.6) is 0 Å². The molecule has 82 valence electrons. The number of aromatic nitrogens is 1. The van der Waals surface area contributed by atoms with Crippen molar-refractivity contribution in [1.82, 2.24) is 4.98 Å². The highest BCUT2D eigenvalue weighted by atomic mass is 16.5. The highest BCUT2D eigenvalue weighted by Gasteiger charge is 2.14. The van der Waals surface area contributed by atoms with E-state index in [1.807, 2.05) is 13.0 Å². The number of hydrogen-bond acceptors (Lipinski definition) is 4. The predicted molar refractivity (Wildman–Crippen MR) is 60.9 cm³/mol. The molecule has 0 spiro atoms. The molecule has 0 radical (unpaired) electrons. The zero-order valence-corrected chi connectivity index (χ0v) is 8.99. The zero-order valence-electron chi connectivity index (χ0n) is 8.99. The molecule has 2 rings (SSSR count). The maximum Gasteiger partial charge on any atom is 0.129 e. The molecular formula is C11H17N3O. The third kappa shape index (κ3) is 2.59. The van der Waals surface area contributed by atoms with Crippen LogP contribution in [0.2, 0.25) is 0 Å². The van der Waals surface area contributed by atoms with Gasteiger partial charge in [-0.25, -0.2) is 4.98 Å². The Morgan fingerprint density at radius 1 is 1.60 bits per heavy atom. The van der Waals surface area contributed by atoms with E-state index >= 15 is 0 Å². The molecule has 0 aliphatic carbocycles. The lowest BCUT2D eigenvalue weighted by Gasteiger charge is -2.24. The van der Waals surface area contributed by atoms with Crippen molar-refractivity contribution in [2.75, 3.05) is 24.3 Å². The summed E-state index contributed by atoms with van der Waals surface area (Å²) >= 11 is 0. The van der Waals surface area contributed by atoms with Crippen LogP contribution in [0.1, 0.15) is 18.4 Å². The minimum Gasteiger partial charge on any atom is -0.397 e.